The second kappa shape index (κ2) is 3.79. The van der Waals surface area contributed by atoms with Gasteiger partial charge in [0.1, 0.15) is 0 Å². The minimum absolute atomic E-state index is 0.0782. The maximum Gasteiger partial charge on any atom is 0.316 e. The van der Waals surface area contributed by atoms with Crippen LogP contribution in [0.1, 0.15) is 12.8 Å². The Kier molecular flexibility index (Phi) is 2.49. The fourth-order valence-corrected chi connectivity index (χ4v) is 1.61. The molecule has 76 valence electrons. The first-order valence-corrected chi connectivity index (χ1v) is 4.67. The van der Waals surface area contributed by atoms with Gasteiger partial charge < -0.3 is 14.3 Å². The van der Waals surface area contributed by atoms with Crippen molar-refractivity contribution in [1.29, 1.82) is 0 Å². The van der Waals surface area contributed by atoms with Gasteiger partial charge in [0, 0.05) is 19.0 Å². The molecule has 1 aromatic rings. The molecule has 1 atom stereocenters. The quantitative estimate of drug-likeness (QED) is 0.661. The molecule has 5 nitrogen and oxygen atoms in total. The predicted molar refractivity (Wildman–Crippen MR) is 50.3 cm³/mol. The number of ether oxygens (including phenoxy) is 1. The van der Waals surface area contributed by atoms with E-state index in [2.05, 4.69) is 4.98 Å². The molecule has 1 saturated heterocycles. The summed E-state index contributed by atoms with van der Waals surface area (Å²) in [5, 5.41) is 0. The standard InChI is InChI=1S/C9H12N2O3/c12-8-9(13)11(4-3-10-8)6-7-2-1-5-14-7/h3-4,7H,1-2,5-6H2,(H,10,12)/t7-/m0/s1. The molecule has 2 heterocycles. The van der Waals surface area contributed by atoms with Crippen molar-refractivity contribution in [2.75, 3.05) is 6.61 Å². The first kappa shape index (κ1) is 9.21. The summed E-state index contributed by atoms with van der Waals surface area (Å²) >= 11 is 0. The van der Waals surface area contributed by atoms with Crippen molar-refractivity contribution in [2.45, 2.75) is 25.5 Å². The minimum atomic E-state index is -0.578. The van der Waals surface area contributed by atoms with Crippen molar-refractivity contribution in [1.82, 2.24) is 9.55 Å². The summed E-state index contributed by atoms with van der Waals surface area (Å²) in [4.78, 5) is 24.6. The third kappa shape index (κ3) is 1.77. The maximum atomic E-state index is 11.3. The molecule has 0 spiro atoms. The van der Waals surface area contributed by atoms with Gasteiger partial charge in [0.2, 0.25) is 0 Å². The SMILES string of the molecule is O=c1[nH]ccn(C[C@@H]2CCCO2)c1=O. The Morgan fingerprint density at radius 2 is 2.43 bits per heavy atom. The van der Waals surface area contributed by atoms with Crippen LogP contribution in [0.3, 0.4) is 0 Å². The summed E-state index contributed by atoms with van der Waals surface area (Å²) in [6, 6.07) is 0. The average Bonchev–Trinajstić information content (AvgIpc) is 2.66. The van der Waals surface area contributed by atoms with Crippen LogP contribution in [-0.2, 0) is 11.3 Å². The van der Waals surface area contributed by atoms with Gasteiger partial charge in [0.25, 0.3) is 0 Å². The third-order valence-corrected chi connectivity index (χ3v) is 2.35. The molecule has 1 aliphatic heterocycles. The highest BCUT2D eigenvalue weighted by molar-refractivity contribution is 4.83. The Morgan fingerprint density at radius 1 is 1.57 bits per heavy atom. The van der Waals surface area contributed by atoms with Crippen molar-refractivity contribution in [2.24, 2.45) is 0 Å². The average molecular weight is 196 g/mol. The van der Waals surface area contributed by atoms with E-state index in [9.17, 15) is 9.59 Å². The van der Waals surface area contributed by atoms with Gasteiger partial charge in [-0.25, -0.2) is 0 Å². The van der Waals surface area contributed by atoms with Crippen LogP contribution in [0.15, 0.2) is 22.0 Å². The molecule has 1 fully saturated rings. The van der Waals surface area contributed by atoms with Crippen LogP contribution in [0.4, 0.5) is 0 Å². The maximum absolute atomic E-state index is 11.3. The van der Waals surface area contributed by atoms with Crippen molar-refractivity contribution < 1.29 is 4.74 Å². The molecular formula is C9H12N2O3. The lowest BCUT2D eigenvalue weighted by molar-refractivity contribution is 0.0960. The molecule has 0 amide bonds. The van der Waals surface area contributed by atoms with Crippen LogP contribution in [0.5, 0.6) is 0 Å². The molecule has 0 bridgehead atoms. The highest BCUT2D eigenvalue weighted by Gasteiger charge is 2.16. The number of nitrogens with one attached hydrogen (secondary N) is 1. The smallest absolute Gasteiger partial charge is 0.316 e. The summed E-state index contributed by atoms with van der Waals surface area (Å²) in [6.07, 6.45) is 5.11. The van der Waals surface area contributed by atoms with E-state index < -0.39 is 11.1 Å². The van der Waals surface area contributed by atoms with E-state index >= 15 is 0 Å². The van der Waals surface area contributed by atoms with E-state index in [-0.39, 0.29) is 6.10 Å². The highest BCUT2D eigenvalue weighted by atomic mass is 16.5. The van der Waals surface area contributed by atoms with Crippen LogP contribution < -0.4 is 11.1 Å². The molecule has 1 aliphatic rings. The molecule has 0 radical (unpaired) electrons. The number of nitrogens with zero attached hydrogens (tertiary/aromatic N) is 1. The van der Waals surface area contributed by atoms with Crippen LogP contribution >= 0.6 is 0 Å². The van der Waals surface area contributed by atoms with E-state index in [1.54, 1.807) is 6.20 Å². The summed E-state index contributed by atoms with van der Waals surface area (Å²) in [5.74, 6) is 0. The van der Waals surface area contributed by atoms with Gasteiger partial charge in [0.05, 0.1) is 12.6 Å². The van der Waals surface area contributed by atoms with Crippen molar-refractivity contribution in [3.63, 3.8) is 0 Å². The highest BCUT2D eigenvalue weighted by Crippen LogP contribution is 2.12. The number of aromatic amines is 1. The summed E-state index contributed by atoms with van der Waals surface area (Å²) < 4.78 is 6.78. The molecule has 5 heteroatoms. The minimum Gasteiger partial charge on any atom is -0.376 e. The summed E-state index contributed by atoms with van der Waals surface area (Å²) in [7, 11) is 0. The Hall–Kier alpha value is -1.36. The van der Waals surface area contributed by atoms with Gasteiger partial charge in [0.15, 0.2) is 0 Å². The fraction of sp³-hybridized carbons (Fsp3) is 0.556. The van der Waals surface area contributed by atoms with Crippen LogP contribution in [0.25, 0.3) is 0 Å². The molecule has 0 unspecified atom stereocenters. The van der Waals surface area contributed by atoms with Gasteiger partial charge in [-0.15, -0.1) is 0 Å². The molecule has 1 N–H and O–H groups in total. The van der Waals surface area contributed by atoms with E-state index in [1.165, 1.54) is 10.8 Å². The third-order valence-electron chi connectivity index (χ3n) is 2.35. The zero-order valence-electron chi connectivity index (χ0n) is 7.73. The molecule has 14 heavy (non-hydrogen) atoms. The zero-order valence-corrected chi connectivity index (χ0v) is 7.73. The Morgan fingerprint density at radius 3 is 3.14 bits per heavy atom. The lowest BCUT2D eigenvalue weighted by Gasteiger charge is -2.10. The zero-order chi connectivity index (χ0) is 9.97. The first-order valence-electron chi connectivity index (χ1n) is 4.67. The number of rotatable bonds is 2. The van der Waals surface area contributed by atoms with Crippen molar-refractivity contribution >= 4 is 0 Å². The Bertz CT molecular complexity index is 415. The largest absolute Gasteiger partial charge is 0.376 e. The normalized spacial score (nSPS) is 21.3. The Balaban J connectivity index is 2.20. The van der Waals surface area contributed by atoms with E-state index in [0.29, 0.717) is 6.54 Å². The number of hydrogen-bond acceptors (Lipinski definition) is 3. The lowest BCUT2D eigenvalue weighted by Crippen LogP contribution is -2.37. The Labute approximate surface area is 80.3 Å². The monoisotopic (exact) mass is 196 g/mol. The van der Waals surface area contributed by atoms with Crippen LogP contribution in [0, 0.1) is 0 Å². The van der Waals surface area contributed by atoms with Gasteiger partial charge >= 0.3 is 11.1 Å². The fourth-order valence-electron chi connectivity index (χ4n) is 1.61. The molecule has 0 saturated carbocycles. The van der Waals surface area contributed by atoms with Gasteiger partial charge in [-0.2, -0.15) is 0 Å². The molecular weight excluding hydrogens is 184 g/mol. The van der Waals surface area contributed by atoms with Crippen LogP contribution in [0.2, 0.25) is 0 Å². The number of aromatic nitrogens is 2. The van der Waals surface area contributed by atoms with Gasteiger partial charge in [-0.3, -0.25) is 9.59 Å². The first-order chi connectivity index (χ1) is 6.77. The van der Waals surface area contributed by atoms with Gasteiger partial charge in [-0.05, 0) is 12.8 Å². The second-order valence-corrected chi connectivity index (χ2v) is 3.38. The van der Waals surface area contributed by atoms with E-state index in [4.69, 9.17) is 4.74 Å². The molecule has 2 rings (SSSR count). The molecule has 0 aliphatic carbocycles. The van der Waals surface area contributed by atoms with E-state index in [0.717, 1.165) is 19.4 Å². The van der Waals surface area contributed by atoms with Crippen LogP contribution in [-0.4, -0.2) is 22.3 Å². The van der Waals surface area contributed by atoms with Crippen molar-refractivity contribution in [3.8, 4) is 0 Å². The number of H-pyrrole nitrogens is 1. The van der Waals surface area contributed by atoms with E-state index in [1.807, 2.05) is 0 Å². The summed E-state index contributed by atoms with van der Waals surface area (Å²) in [6.45, 7) is 1.23. The molecule has 1 aromatic heterocycles. The van der Waals surface area contributed by atoms with Crippen molar-refractivity contribution in [3.05, 3.63) is 33.1 Å². The lowest BCUT2D eigenvalue weighted by atomic mass is 10.2. The molecule has 0 aromatic carbocycles. The predicted octanol–water partition coefficient (Wildman–Crippen LogP) is -0.284. The number of hydrogen-bond donors (Lipinski definition) is 1. The van der Waals surface area contributed by atoms with Gasteiger partial charge in [-0.1, -0.05) is 0 Å². The second-order valence-electron chi connectivity index (χ2n) is 3.38. The summed E-state index contributed by atoms with van der Waals surface area (Å²) in [5.41, 5.74) is -1.09. The topological polar surface area (TPSA) is 64.1 Å².